The van der Waals surface area contributed by atoms with Gasteiger partial charge in [-0.1, -0.05) is 24.6 Å². The molecule has 0 heterocycles. The Bertz CT molecular complexity index is 515. The Balaban J connectivity index is 3.14. The van der Waals surface area contributed by atoms with Gasteiger partial charge in [-0.05, 0) is 26.0 Å². The topological polar surface area (TPSA) is 98.1 Å². The van der Waals surface area contributed by atoms with Crippen molar-refractivity contribution >= 4 is 11.9 Å². The normalized spacial score (nSPS) is 12.3. The first-order chi connectivity index (χ1) is 9.86. The molecule has 3 N–H and O–H groups in total. The molecule has 0 saturated heterocycles. The predicted octanol–water partition coefficient (Wildman–Crippen LogP) is 2.01. The van der Waals surface area contributed by atoms with Gasteiger partial charge >= 0.3 is 11.9 Å². The van der Waals surface area contributed by atoms with Crippen molar-refractivity contribution in [2.75, 3.05) is 13.1 Å². The fraction of sp³-hybridized carbons (Fsp3) is 0.467. The van der Waals surface area contributed by atoms with E-state index >= 15 is 0 Å². The zero-order valence-electron chi connectivity index (χ0n) is 12.2. The third kappa shape index (κ3) is 4.75. The van der Waals surface area contributed by atoms with Gasteiger partial charge in [0.25, 0.3) is 0 Å². The highest BCUT2D eigenvalue weighted by Crippen LogP contribution is 2.30. The zero-order chi connectivity index (χ0) is 16.0. The summed E-state index contributed by atoms with van der Waals surface area (Å²) in [5.41, 5.74) is 1.13. The van der Waals surface area contributed by atoms with Crippen LogP contribution in [0.15, 0.2) is 18.2 Å². The highest BCUT2D eigenvalue weighted by atomic mass is 16.4. The molecule has 1 aromatic rings. The summed E-state index contributed by atoms with van der Waals surface area (Å²) in [5, 5.41) is 28.2. The molecule has 116 valence electrons. The second-order valence-electron chi connectivity index (χ2n) is 4.98. The van der Waals surface area contributed by atoms with E-state index in [0.29, 0.717) is 18.5 Å². The van der Waals surface area contributed by atoms with Gasteiger partial charge in [-0.25, -0.2) is 0 Å². The van der Waals surface area contributed by atoms with Gasteiger partial charge in [-0.3, -0.25) is 14.5 Å². The summed E-state index contributed by atoms with van der Waals surface area (Å²) >= 11 is 0. The van der Waals surface area contributed by atoms with Gasteiger partial charge in [-0.2, -0.15) is 0 Å². The number of benzene rings is 1. The summed E-state index contributed by atoms with van der Waals surface area (Å²) in [6.07, 6.45) is 0.548. The lowest BCUT2D eigenvalue weighted by molar-refractivity contribution is -0.145. The molecule has 0 aliphatic heterocycles. The fourth-order valence-electron chi connectivity index (χ4n) is 2.28. The van der Waals surface area contributed by atoms with Crippen molar-refractivity contribution in [2.45, 2.75) is 32.7 Å². The second-order valence-corrected chi connectivity index (χ2v) is 4.98. The molecule has 6 heteroatoms. The minimum Gasteiger partial charge on any atom is -0.508 e. The largest absolute Gasteiger partial charge is 0.508 e. The summed E-state index contributed by atoms with van der Waals surface area (Å²) in [7, 11) is 0. The lowest BCUT2D eigenvalue weighted by Gasteiger charge is -2.29. The van der Waals surface area contributed by atoms with Crippen LogP contribution in [-0.2, 0) is 9.59 Å². The summed E-state index contributed by atoms with van der Waals surface area (Å²) < 4.78 is 0. The number of aliphatic carboxylic acids is 2. The van der Waals surface area contributed by atoms with E-state index in [9.17, 15) is 19.8 Å². The number of nitrogens with zero attached hydrogens (tertiary/aromatic N) is 1. The van der Waals surface area contributed by atoms with Crippen molar-refractivity contribution in [3.05, 3.63) is 29.3 Å². The first-order valence-corrected chi connectivity index (χ1v) is 6.85. The maximum Gasteiger partial charge on any atom is 0.325 e. The van der Waals surface area contributed by atoms with Crippen LogP contribution in [0, 0.1) is 6.92 Å². The molecule has 0 aliphatic carbocycles. The Morgan fingerprint density at radius 3 is 2.43 bits per heavy atom. The van der Waals surface area contributed by atoms with Crippen LogP contribution in [0.5, 0.6) is 5.75 Å². The van der Waals surface area contributed by atoms with Crippen LogP contribution in [0.4, 0.5) is 0 Å². The maximum atomic E-state index is 11.6. The second kappa shape index (κ2) is 7.64. The standard InChI is InChI=1S/C15H21NO5/c1-3-7-16(8-6-13(18)19)14(15(20)21)11-9-10(2)4-5-12(11)17/h4-5,9,14,17H,3,6-8H2,1-2H3,(H,18,19)(H,20,21). The summed E-state index contributed by atoms with van der Waals surface area (Å²) in [6.45, 7) is 4.26. The predicted molar refractivity (Wildman–Crippen MR) is 77.3 cm³/mol. The van der Waals surface area contributed by atoms with E-state index in [0.717, 1.165) is 5.56 Å². The number of rotatable bonds is 8. The SMILES string of the molecule is CCCN(CCC(=O)O)C(C(=O)O)c1cc(C)ccc1O. The number of aryl methyl sites for hydroxylation is 1. The first kappa shape index (κ1) is 17.0. The Morgan fingerprint density at radius 1 is 1.24 bits per heavy atom. The first-order valence-electron chi connectivity index (χ1n) is 6.85. The van der Waals surface area contributed by atoms with E-state index in [-0.39, 0.29) is 18.7 Å². The highest BCUT2D eigenvalue weighted by Gasteiger charge is 2.29. The van der Waals surface area contributed by atoms with Crippen LogP contribution >= 0.6 is 0 Å². The van der Waals surface area contributed by atoms with Gasteiger partial charge in [0.1, 0.15) is 11.8 Å². The lowest BCUT2D eigenvalue weighted by Crippen LogP contribution is -2.36. The van der Waals surface area contributed by atoms with Crippen LogP contribution in [-0.4, -0.2) is 45.2 Å². The molecular weight excluding hydrogens is 274 g/mol. The molecule has 0 amide bonds. The fourth-order valence-corrected chi connectivity index (χ4v) is 2.28. The van der Waals surface area contributed by atoms with Crippen LogP contribution in [0.3, 0.4) is 0 Å². The lowest BCUT2D eigenvalue weighted by atomic mass is 10.0. The molecule has 1 rings (SSSR count). The number of hydrogen-bond acceptors (Lipinski definition) is 4. The molecule has 1 aromatic carbocycles. The van der Waals surface area contributed by atoms with Crippen molar-refractivity contribution in [2.24, 2.45) is 0 Å². The molecular formula is C15H21NO5. The minimum atomic E-state index is -1.10. The number of aromatic hydroxyl groups is 1. The van der Waals surface area contributed by atoms with Gasteiger partial charge < -0.3 is 15.3 Å². The Morgan fingerprint density at radius 2 is 1.90 bits per heavy atom. The summed E-state index contributed by atoms with van der Waals surface area (Å²) in [6, 6.07) is 3.72. The van der Waals surface area contributed by atoms with Crippen molar-refractivity contribution in [1.82, 2.24) is 4.90 Å². The molecule has 0 bridgehead atoms. The van der Waals surface area contributed by atoms with Crippen molar-refractivity contribution in [3.63, 3.8) is 0 Å². The van der Waals surface area contributed by atoms with E-state index in [1.54, 1.807) is 17.0 Å². The van der Waals surface area contributed by atoms with E-state index < -0.39 is 18.0 Å². The average molecular weight is 295 g/mol. The average Bonchev–Trinajstić information content (AvgIpc) is 2.39. The van der Waals surface area contributed by atoms with Crippen molar-refractivity contribution < 1.29 is 24.9 Å². The molecule has 1 unspecified atom stereocenters. The van der Waals surface area contributed by atoms with Gasteiger partial charge in [0.2, 0.25) is 0 Å². The molecule has 1 atom stereocenters. The zero-order valence-corrected chi connectivity index (χ0v) is 12.2. The quantitative estimate of drug-likeness (QED) is 0.678. The van der Waals surface area contributed by atoms with Crippen LogP contribution in [0.1, 0.15) is 36.9 Å². The van der Waals surface area contributed by atoms with Gasteiger partial charge in [0, 0.05) is 12.1 Å². The highest BCUT2D eigenvalue weighted by molar-refractivity contribution is 5.77. The molecule has 0 spiro atoms. The van der Waals surface area contributed by atoms with Gasteiger partial charge in [0.15, 0.2) is 0 Å². The van der Waals surface area contributed by atoms with E-state index in [2.05, 4.69) is 0 Å². The number of carboxylic acids is 2. The molecule has 0 radical (unpaired) electrons. The van der Waals surface area contributed by atoms with Crippen LogP contribution < -0.4 is 0 Å². The minimum absolute atomic E-state index is 0.0931. The molecule has 0 saturated carbocycles. The summed E-state index contributed by atoms with van der Waals surface area (Å²) in [5.74, 6) is -2.17. The number of phenolic OH excluding ortho intramolecular Hbond substituents is 1. The smallest absolute Gasteiger partial charge is 0.325 e. The van der Waals surface area contributed by atoms with Crippen LogP contribution in [0.2, 0.25) is 0 Å². The van der Waals surface area contributed by atoms with E-state index in [1.165, 1.54) is 6.07 Å². The van der Waals surface area contributed by atoms with Crippen molar-refractivity contribution in [1.29, 1.82) is 0 Å². The van der Waals surface area contributed by atoms with Gasteiger partial charge in [0.05, 0.1) is 6.42 Å². The third-order valence-electron chi connectivity index (χ3n) is 3.20. The number of carbonyl (C=O) groups is 2. The van der Waals surface area contributed by atoms with E-state index in [4.69, 9.17) is 5.11 Å². The number of hydrogen-bond donors (Lipinski definition) is 3. The summed E-state index contributed by atoms with van der Waals surface area (Å²) in [4.78, 5) is 23.9. The molecule has 21 heavy (non-hydrogen) atoms. The number of carboxylic acid groups (broad SMARTS) is 2. The van der Waals surface area contributed by atoms with Crippen molar-refractivity contribution in [3.8, 4) is 5.75 Å². The maximum absolute atomic E-state index is 11.6. The Hall–Kier alpha value is -2.08. The monoisotopic (exact) mass is 295 g/mol. The molecule has 6 nitrogen and oxygen atoms in total. The number of phenols is 1. The third-order valence-corrected chi connectivity index (χ3v) is 3.20. The van der Waals surface area contributed by atoms with Crippen LogP contribution in [0.25, 0.3) is 0 Å². The molecule has 0 fully saturated rings. The Kier molecular flexibility index (Phi) is 6.17. The van der Waals surface area contributed by atoms with Gasteiger partial charge in [-0.15, -0.1) is 0 Å². The van der Waals surface area contributed by atoms with E-state index in [1.807, 2.05) is 13.8 Å². The molecule has 0 aromatic heterocycles. The Labute approximate surface area is 123 Å². The molecule has 0 aliphatic rings.